The van der Waals surface area contributed by atoms with Crippen molar-refractivity contribution < 1.29 is 13.6 Å². The first-order valence-corrected chi connectivity index (χ1v) is 5.70. The summed E-state index contributed by atoms with van der Waals surface area (Å²) < 4.78 is 25.4. The molecule has 0 radical (unpaired) electrons. The predicted molar refractivity (Wildman–Crippen MR) is 58.7 cm³/mol. The topological polar surface area (TPSA) is 17.1 Å². The van der Waals surface area contributed by atoms with E-state index in [-0.39, 0.29) is 11.3 Å². The number of hydrogen-bond donors (Lipinski definition) is 0. The highest BCUT2D eigenvalue weighted by molar-refractivity contribution is 9.10. The van der Waals surface area contributed by atoms with E-state index in [2.05, 4.69) is 15.9 Å². The number of ketones is 1. The number of benzene rings is 1. The first-order chi connectivity index (χ1) is 7.06. The Kier molecular flexibility index (Phi) is 4.67. The number of alkyl halides is 2. The Bertz CT molecular complexity index is 370. The van der Waals surface area contributed by atoms with Gasteiger partial charge in [-0.2, -0.15) is 0 Å². The van der Waals surface area contributed by atoms with Crippen LogP contribution in [0.25, 0.3) is 0 Å². The van der Waals surface area contributed by atoms with Crippen molar-refractivity contribution in [1.82, 2.24) is 0 Å². The van der Waals surface area contributed by atoms with E-state index in [9.17, 15) is 13.6 Å². The first-order valence-electron chi connectivity index (χ1n) is 4.25. The Morgan fingerprint density at radius 2 is 2.07 bits per heavy atom. The van der Waals surface area contributed by atoms with Crippen LogP contribution >= 0.6 is 27.5 Å². The molecule has 5 heteroatoms. The van der Waals surface area contributed by atoms with Crippen molar-refractivity contribution in [3.05, 3.63) is 35.4 Å². The van der Waals surface area contributed by atoms with Crippen LogP contribution in [0.3, 0.4) is 0 Å². The maximum absolute atomic E-state index is 12.8. The molecule has 1 aromatic rings. The minimum Gasteiger partial charge on any atom is -0.293 e. The molecule has 0 aliphatic rings. The fourth-order valence-electron chi connectivity index (χ4n) is 1.06. The van der Waals surface area contributed by atoms with Crippen LogP contribution in [0.15, 0.2) is 18.2 Å². The lowest BCUT2D eigenvalue weighted by atomic mass is 10.1. The van der Waals surface area contributed by atoms with Crippen molar-refractivity contribution >= 4 is 33.3 Å². The normalized spacial score (nSPS) is 12.5. The molecule has 15 heavy (non-hydrogen) atoms. The van der Waals surface area contributed by atoms with Gasteiger partial charge in [-0.3, -0.25) is 4.79 Å². The van der Waals surface area contributed by atoms with Crippen LogP contribution in [0.1, 0.15) is 16.8 Å². The fraction of sp³-hybridized carbons (Fsp3) is 0.300. The largest absolute Gasteiger partial charge is 0.293 e. The monoisotopic (exact) mass is 296 g/mol. The summed E-state index contributed by atoms with van der Waals surface area (Å²) in [5.74, 6) is -1.96. The van der Waals surface area contributed by atoms with Crippen LogP contribution in [0.5, 0.6) is 0 Å². The maximum atomic E-state index is 12.8. The Hall–Kier alpha value is -0.480. The maximum Gasteiger partial charge on any atom is 0.176 e. The molecule has 1 rings (SSSR count). The zero-order valence-corrected chi connectivity index (χ0v) is 9.99. The molecule has 1 atom stereocenters. The van der Waals surface area contributed by atoms with Gasteiger partial charge in [0.05, 0.1) is 4.83 Å². The summed E-state index contributed by atoms with van der Waals surface area (Å²) in [5, 5.41) is 0. The molecule has 0 aromatic heterocycles. The van der Waals surface area contributed by atoms with Gasteiger partial charge in [-0.25, -0.2) is 8.78 Å². The van der Waals surface area contributed by atoms with Crippen LogP contribution in [0.4, 0.5) is 8.78 Å². The summed E-state index contributed by atoms with van der Waals surface area (Å²) in [6, 6.07) is 3.08. The highest BCUT2D eigenvalue weighted by Gasteiger charge is 2.17. The van der Waals surface area contributed by atoms with E-state index in [0.717, 1.165) is 12.1 Å². The molecule has 0 heterocycles. The van der Waals surface area contributed by atoms with Crippen molar-refractivity contribution in [3.8, 4) is 0 Å². The molecular weight excluding hydrogens is 289 g/mol. The average molecular weight is 298 g/mol. The van der Waals surface area contributed by atoms with Crippen molar-refractivity contribution in [1.29, 1.82) is 0 Å². The fourth-order valence-corrected chi connectivity index (χ4v) is 2.03. The predicted octanol–water partition coefficient (Wildman–Crippen LogP) is 3.54. The van der Waals surface area contributed by atoms with Crippen LogP contribution in [0.2, 0.25) is 0 Å². The summed E-state index contributed by atoms with van der Waals surface area (Å²) >= 11 is 8.60. The lowest BCUT2D eigenvalue weighted by Gasteiger charge is -2.06. The minimum absolute atomic E-state index is 0.140. The Morgan fingerprint density at radius 3 is 2.60 bits per heavy atom. The van der Waals surface area contributed by atoms with E-state index >= 15 is 0 Å². The highest BCUT2D eigenvalue weighted by Crippen LogP contribution is 2.16. The second-order valence-electron chi connectivity index (χ2n) is 2.94. The van der Waals surface area contributed by atoms with Gasteiger partial charge in [0.15, 0.2) is 17.4 Å². The van der Waals surface area contributed by atoms with Gasteiger partial charge in [0, 0.05) is 11.4 Å². The van der Waals surface area contributed by atoms with Crippen LogP contribution in [0, 0.1) is 11.6 Å². The number of rotatable bonds is 4. The first kappa shape index (κ1) is 12.6. The third-order valence-corrected chi connectivity index (χ3v) is 2.94. The molecule has 1 nitrogen and oxygen atoms in total. The van der Waals surface area contributed by atoms with Gasteiger partial charge in [0.1, 0.15) is 0 Å². The standard InChI is InChI=1S/C10H8BrClF2O/c11-7(3-4-12)10(15)6-1-2-8(13)9(14)5-6/h1-2,5,7H,3-4H2. The van der Waals surface area contributed by atoms with Gasteiger partial charge in [0.2, 0.25) is 0 Å². The smallest absolute Gasteiger partial charge is 0.176 e. The summed E-state index contributed by atoms with van der Waals surface area (Å²) in [7, 11) is 0. The van der Waals surface area contributed by atoms with E-state index in [4.69, 9.17) is 11.6 Å². The molecule has 1 unspecified atom stereocenters. The van der Waals surface area contributed by atoms with Gasteiger partial charge in [-0.05, 0) is 24.6 Å². The molecular formula is C10H8BrClF2O. The lowest BCUT2D eigenvalue weighted by molar-refractivity contribution is 0.0990. The van der Waals surface area contributed by atoms with Crippen molar-refractivity contribution in [2.24, 2.45) is 0 Å². The SMILES string of the molecule is O=C(c1ccc(F)c(F)c1)C(Br)CCCl. The Morgan fingerprint density at radius 1 is 1.40 bits per heavy atom. The number of halogens is 4. The quantitative estimate of drug-likeness (QED) is 0.614. The summed E-state index contributed by atoms with van der Waals surface area (Å²) in [5.41, 5.74) is 0.140. The van der Waals surface area contributed by atoms with E-state index in [1.165, 1.54) is 6.07 Å². The highest BCUT2D eigenvalue weighted by atomic mass is 79.9. The molecule has 0 fully saturated rings. The summed E-state index contributed by atoms with van der Waals surface area (Å²) in [6.07, 6.45) is 0.444. The van der Waals surface area contributed by atoms with Gasteiger partial charge in [-0.15, -0.1) is 11.6 Å². The van der Waals surface area contributed by atoms with Gasteiger partial charge in [-0.1, -0.05) is 15.9 Å². The van der Waals surface area contributed by atoms with Crippen LogP contribution in [-0.2, 0) is 0 Å². The summed E-state index contributed by atoms with van der Waals surface area (Å²) in [4.78, 5) is 11.1. The second kappa shape index (κ2) is 5.56. The third-order valence-electron chi connectivity index (χ3n) is 1.85. The zero-order chi connectivity index (χ0) is 11.4. The lowest BCUT2D eigenvalue weighted by Crippen LogP contribution is -2.15. The van der Waals surface area contributed by atoms with Crippen molar-refractivity contribution in [2.45, 2.75) is 11.2 Å². The van der Waals surface area contributed by atoms with Gasteiger partial charge in [0.25, 0.3) is 0 Å². The van der Waals surface area contributed by atoms with Gasteiger partial charge >= 0.3 is 0 Å². The van der Waals surface area contributed by atoms with Crippen LogP contribution in [-0.4, -0.2) is 16.5 Å². The van der Waals surface area contributed by atoms with E-state index in [0.29, 0.717) is 12.3 Å². The molecule has 82 valence electrons. The molecule has 0 saturated heterocycles. The van der Waals surface area contributed by atoms with Crippen molar-refractivity contribution in [2.75, 3.05) is 5.88 Å². The third kappa shape index (κ3) is 3.24. The molecule has 0 amide bonds. The molecule has 0 saturated carbocycles. The molecule has 0 aliphatic heterocycles. The summed E-state index contributed by atoms with van der Waals surface area (Å²) in [6.45, 7) is 0. The van der Waals surface area contributed by atoms with Crippen molar-refractivity contribution in [3.63, 3.8) is 0 Å². The minimum atomic E-state index is -1.02. The number of carbonyl (C=O) groups is 1. The van der Waals surface area contributed by atoms with E-state index < -0.39 is 16.5 Å². The Balaban J connectivity index is 2.87. The molecule has 0 aliphatic carbocycles. The number of hydrogen-bond acceptors (Lipinski definition) is 1. The number of carbonyl (C=O) groups excluding carboxylic acids is 1. The van der Waals surface area contributed by atoms with E-state index in [1.807, 2.05) is 0 Å². The Labute approximate surface area is 99.6 Å². The molecule has 1 aromatic carbocycles. The van der Waals surface area contributed by atoms with Gasteiger partial charge < -0.3 is 0 Å². The zero-order valence-electron chi connectivity index (χ0n) is 7.64. The van der Waals surface area contributed by atoms with E-state index in [1.54, 1.807) is 0 Å². The molecule has 0 spiro atoms. The molecule has 0 N–H and O–H groups in total. The second-order valence-corrected chi connectivity index (χ2v) is 4.42. The average Bonchev–Trinajstić information content (AvgIpc) is 2.21. The van der Waals surface area contributed by atoms with Crippen LogP contribution < -0.4 is 0 Å². The molecule has 0 bridgehead atoms. The number of Topliss-reactive ketones (excluding diaryl/α,β-unsaturated/α-hetero) is 1.